The molecule has 7 heteroatoms. The van der Waals surface area contributed by atoms with Gasteiger partial charge in [0.1, 0.15) is 0 Å². The Morgan fingerprint density at radius 2 is 1.63 bits per heavy atom. The fourth-order valence-electron chi connectivity index (χ4n) is 2.48. The summed E-state index contributed by atoms with van der Waals surface area (Å²) in [4.78, 5) is 35.9. The van der Waals surface area contributed by atoms with Crippen LogP contribution < -0.4 is 10.6 Å². The van der Waals surface area contributed by atoms with Crippen LogP contribution in [0.5, 0.6) is 0 Å². The first-order valence-corrected chi connectivity index (χ1v) is 8.35. The Bertz CT molecular complexity index is 820. The van der Waals surface area contributed by atoms with Crippen molar-refractivity contribution >= 4 is 23.5 Å². The molecule has 2 aromatic carbocycles. The SMILES string of the molecule is COC(=O)c1ccc(C(=O)OC)c(NC(=O)CN[C@@H](C)c2ccccc2)c1. The minimum absolute atomic E-state index is 0.0269. The van der Waals surface area contributed by atoms with Crippen molar-refractivity contribution in [3.8, 4) is 0 Å². The van der Waals surface area contributed by atoms with Gasteiger partial charge in [-0.15, -0.1) is 0 Å². The predicted octanol–water partition coefficient (Wildman–Crippen LogP) is 2.55. The molecule has 0 fully saturated rings. The number of hydrogen-bond acceptors (Lipinski definition) is 6. The topological polar surface area (TPSA) is 93.7 Å². The molecule has 1 atom stereocenters. The van der Waals surface area contributed by atoms with E-state index in [9.17, 15) is 14.4 Å². The first-order valence-electron chi connectivity index (χ1n) is 8.35. The molecule has 1 amide bonds. The summed E-state index contributed by atoms with van der Waals surface area (Å²) in [6.45, 7) is 1.97. The van der Waals surface area contributed by atoms with Gasteiger partial charge in [0.15, 0.2) is 0 Å². The Labute approximate surface area is 157 Å². The molecule has 0 aliphatic rings. The zero-order valence-corrected chi connectivity index (χ0v) is 15.4. The van der Waals surface area contributed by atoms with E-state index in [-0.39, 0.29) is 35.3 Å². The molecule has 0 saturated carbocycles. The summed E-state index contributed by atoms with van der Waals surface area (Å²) in [5.41, 5.74) is 1.60. The third kappa shape index (κ3) is 5.39. The molecule has 0 heterocycles. The van der Waals surface area contributed by atoms with Gasteiger partial charge in [-0.2, -0.15) is 0 Å². The minimum Gasteiger partial charge on any atom is -0.465 e. The van der Waals surface area contributed by atoms with Crippen LogP contribution in [0.3, 0.4) is 0 Å². The maximum Gasteiger partial charge on any atom is 0.339 e. The van der Waals surface area contributed by atoms with Crippen molar-refractivity contribution in [2.45, 2.75) is 13.0 Å². The van der Waals surface area contributed by atoms with Crippen LogP contribution in [0.25, 0.3) is 0 Å². The summed E-state index contributed by atoms with van der Waals surface area (Å²) >= 11 is 0. The summed E-state index contributed by atoms with van der Waals surface area (Å²) in [5.74, 6) is -1.55. The third-order valence-electron chi connectivity index (χ3n) is 3.99. The largest absolute Gasteiger partial charge is 0.465 e. The molecule has 0 aliphatic heterocycles. The van der Waals surface area contributed by atoms with E-state index in [1.165, 1.54) is 32.4 Å². The van der Waals surface area contributed by atoms with Gasteiger partial charge >= 0.3 is 11.9 Å². The lowest BCUT2D eigenvalue weighted by atomic mass is 10.1. The number of esters is 2. The summed E-state index contributed by atoms with van der Waals surface area (Å²) < 4.78 is 9.39. The van der Waals surface area contributed by atoms with Crippen molar-refractivity contribution in [3.63, 3.8) is 0 Å². The molecule has 2 aromatic rings. The maximum absolute atomic E-state index is 12.3. The van der Waals surface area contributed by atoms with Gasteiger partial charge in [-0.25, -0.2) is 9.59 Å². The number of carbonyl (C=O) groups excluding carboxylic acids is 3. The highest BCUT2D eigenvalue weighted by Gasteiger charge is 2.17. The highest BCUT2D eigenvalue weighted by molar-refractivity contribution is 6.03. The highest BCUT2D eigenvalue weighted by Crippen LogP contribution is 2.20. The first kappa shape index (κ1) is 20.1. The van der Waals surface area contributed by atoms with E-state index < -0.39 is 11.9 Å². The zero-order chi connectivity index (χ0) is 19.8. The van der Waals surface area contributed by atoms with Gasteiger partial charge in [0.25, 0.3) is 0 Å². The molecular weight excluding hydrogens is 348 g/mol. The molecular formula is C20H22N2O5. The second kappa shape index (κ2) is 9.49. The Balaban J connectivity index is 2.10. The van der Waals surface area contributed by atoms with Gasteiger partial charge in [-0.05, 0) is 30.7 Å². The lowest BCUT2D eigenvalue weighted by Gasteiger charge is -2.15. The van der Waals surface area contributed by atoms with E-state index >= 15 is 0 Å². The number of hydrogen-bond donors (Lipinski definition) is 2. The van der Waals surface area contributed by atoms with E-state index in [2.05, 4.69) is 15.4 Å². The summed E-state index contributed by atoms with van der Waals surface area (Å²) in [6.07, 6.45) is 0. The van der Waals surface area contributed by atoms with Gasteiger partial charge in [0.2, 0.25) is 5.91 Å². The number of anilines is 1. The number of rotatable bonds is 7. The van der Waals surface area contributed by atoms with Crippen molar-refractivity contribution in [1.29, 1.82) is 0 Å². The number of carbonyl (C=O) groups is 3. The summed E-state index contributed by atoms with van der Waals surface area (Å²) in [5, 5.41) is 5.75. The van der Waals surface area contributed by atoms with Gasteiger partial charge in [0.05, 0.1) is 37.6 Å². The Morgan fingerprint density at radius 3 is 2.26 bits per heavy atom. The van der Waals surface area contributed by atoms with Crippen molar-refractivity contribution in [1.82, 2.24) is 5.32 Å². The van der Waals surface area contributed by atoms with Crippen LogP contribution in [0, 0.1) is 0 Å². The number of ether oxygens (including phenoxy) is 2. The molecule has 0 aliphatic carbocycles. The molecule has 27 heavy (non-hydrogen) atoms. The number of methoxy groups -OCH3 is 2. The zero-order valence-electron chi connectivity index (χ0n) is 15.4. The van der Waals surface area contributed by atoms with E-state index in [0.717, 1.165) is 5.56 Å². The van der Waals surface area contributed by atoms with E-state index in [1.807, 2.05) is 37.3 Å². The quantitative estimate of drug-likeness (QED) is 0.728. The van der Waals surface area contributed by atoms with Crippen LogP contribution in [0.4, 0.5) is 5.69 Å². The Morgan fingerprint density at radius 1 is 0.963 bits per heavy atom. The van der Waals surface area contributed by atoms with E-state index in [0.29, 0.717) is 0 Å². The van der Waals surface area contributed by atoms with Gasteiger partial charge in [-0.3, -0.25) is 4.79 Å². The minimum atomic E-state index is -0.618. The van der Waals surface area contributed by atoms with E-state index in [1.54, 1.807) is 0 Å². The standard InChI is InChI=1S/C20H22N2O5/c1-13(14-7-5-4-6-8-14)21-12-18(23)22-17-11-15(19(24)26-2)9-10-16(17)20(25)27-3/h4-11,13,21H,12H2,1-3H3,(H,22,23)/t13-/m0/s1. The Kier molecular flexibility index (Phi) is 7.08. The van der Waals surface area contributed by atoms with E-state index in [4.69, 9.17) is 4.74 Å². The lowest BCUT2D eigenvalue weighted by molar-refractivity contribution is -0.115. The molecule has 0 bridgehead atoms. The number of amides is 1. The molecule has 2 rings (SSSR count). The molecule has 0 saturated heterocycles. The van der Waals surface area contributed by atoms with Gasteiger partial charge in [-0.1, -0.05) is 30.3 Å². The summed E-state index contributed by atoms with van der Waals surface area (Å²) in [7, 11) is 2.49. The van der Waals surface area contributed by atoms with Crippen LogP contribution in [0.1, 0.15) is 39.2 Å². The van der Waals surface area contributed by atoms with Crippen LogP contribution in [0.15, 0.2) is 48.5 Å². The normalized spacial score (nSPS) is 11.4. The maximum atomic E-state index is 12.3. The van der Waals surface area contributed by atoms with Crippen LogP contribution >= 0.6 is 0 Å². The van der Waals surface area contributed by atoms with Crippen molar-refractivity contribution in [2.24, 2.45) is 0 Å². The number of benzene rings is 2. The van der Waals surface area contributed by atoms with Crippen molar-refractivity contribution in [3.05, 3.63) is 65.2 Å². The lowest BCUT2D eigenvalue weighted by Crippen LogP contribution is -2.30. The highest BCUT2D eigenvalue weighted by atomic mass is 16.5. The van der Waals surface area contributed by atoms with Crippen molar-refractivity contribution < 1.29 is 23.9 Å². The fraction of sp³-hybridized carbons (Fsp3) is 0.250. The molecule has 142 valence electrons. The fourth-order valence-corrected chi connectivity index (χ4v) is 2.48. The van der Waals surface area contributed by atoms with Crippen LogP contribution in [-0.2, 0) is 14.3 Å². The van der Waals surface area contributed by atoms with Crippen LogP contribution in [-0.4, -0.2) is 38.6 Å². The molecule has 0 spiro atoms. The predicted molar refractivity (Wildman–Crippen MR) is 101 cm³/mol. The van der Waals surface area contributed by atoms with Crippen molar-refractivity contribution in [2.75, 3.05) is 26.1 Å². The molecule has 2 N–H and O–H groups in total. The first-order chi connectivity index (χ1) is 13.0. The number of nitrogens with one attached hydrogen (secondary N) is 2. The average Bonchev–Trinajstić information content (AvgIpc) is 2.71. The molecule has 0 unspecified atom stereocenters. The second-order valence-electron chi connectivity index (χ2n) is 5.80. The second-order valence-corrected chi connectivity index (χ2v) is 5.80. The monoisotopic (exact) mass is 370 g/mol. The Hall–Kier alpha value is -3.19. The third-order valence-corrected chi connectivity index (χ3v) is 3.99. The van der Waals surface area contributed by atoms with Gasteiger partial charge in [0, 0.05) is 6.04 Å². The summed E-state index contributed by atoms with van der Waals surface area (Å²) in [6, 6.07) is 13.9. The van der Waals surface area contributed by atoms with Gasteiger partial charge < -0.3 is 20.1 Å². The molecule has 7 nitrogen and oxygen atoms in total. The smallest absolute Gasteiger partial charge is 0.339 e. The van der Waals surface area contributed by atoms with Crippen LogP contribution in [0.2, 0.25) is 0 Å². The average molecular weight is 370 g/mol. The molecule has 0 aromatic heterocycles. The molecule has 0 radical (unpaired) electrons.